The van der Waals surface area contributed by atoms with Gasteiger partial charge in [0, 0.05) is 6.42 Å². The van der Waals surface area contributed by atoms with Gasteiger partial charge in [-0.15, -0.1) is 0 Å². The molecule has 9 atom stereocenters. The van der Waals surface area contributed by atoms with E-state index in [-0.39, 0.29) is 40.8 Å². The molecule has 5 aromatic rings. The van der Waals surface area contributed by atoms with Gasteiger partial charge >= 0.3 is 29.8 Å². The summed E-state index contributed by atoms with van der Waals surface area (Å²) < 4.78 is 47.9. The molecule has 0 saturated carbocycles. The van der Waals surface area contributed by atoms with Gasteiger partial charge in [0.25, 0.3) is 0 Å². The minimum atomic E-state index is -1.79. The Morgan fingerprint density at radius 1 is 0.475 bits per heavy atom. The Hall–Kier alpha value is -6.71. The zero-order chi connectivity index (χ0) is 42.7. The van der Waals surface area contributed by atoms with Gasteiger partial charge in [-0.1, -0.05) is 91.0 Å². The lowest BCUT2D eigenvalue weighted by molar-refractivity contribution is -0.307. The minimum absolute atomic E-state index is 0.136. The number of rotatable bonds is 13. The second kappa shape index (κ2) is 20.0. The zero-order valence-corrected chi connectivity index (χ0v) is 32.8. The Kier molecular flexibility index (Phi) is 13.9. The maximum atomic E-state index is 13.7. The maximum absolute atomic E-state index is 13.7. The van der Waals surface area contributed by atoms with Gasteiger partial charge < -0.3 is 43.0 Å². The van der Waals surface area contributed by atoms with Gasteiger partial charge in [0.1, 0.15) is 6.10 Å². The highest BCUT2D eigenvalue weighted by Gasteiger charge is 2.52. The first-order valence-electron chi connectivity index (χ1n) is 19.6. The number of hydrogen-bond donors (Lipinski definition) is 1. The third kappa shape index (κ3) is 10.7. The van der Waals surface area contributed by atoms with Crippen LogP contribution in [0.2, 0.25) is 0 Å². The molecular weight excluding hydrogens is 789 g/mol. The predicted octanol–water partition coefficient (Wildman–Crippen LogP) is 5.98. The van der Waals surface area contributed by atoms with Gasteiger partial charge in [-0.05, 0) is 67.6 Å². The van der Waals surface area contributed by atoms with E-state index >= 15 is 0 Å². The van der Waals surface area contributed by atoms with Crippen molar-refractivity contribution in [2.24, 2.45) is 0 Å². The number of hydrogen-bond acceptors (Lipinski definition) is 14. The van der Waals surface area contributed by atoms with Gasteiger partial charge in [0.15, 0.2) is 37.0 Å². The summed E-state index contributed by atoms with van der Waals surface area (Å²) in [4.78, 5) is 67.3. The molecule has 14 heteroatoms. The van der Waals surface area contributed by atoms with Crippen LogP contribution in [-0.2, 0) is 37.9 Å². The van der Waals surface area contributed by atoms with Crippen molar-refractivity contribution in [3.8, 4) is 0 Å². The lowest BCUT2D eigenvalue weighted by atomic mass is 9.98. The molecular formula is C47H42O14. The minimum Gasteiger partial charge on any atom is -0.455 e. The fourth-order valence-electron chi connectivity index (χ4n) is 6.84. The first-order valence-corrected chi connectivity index (χ1v) is 19.6. The molecule has 0 radical (unpaired) electrons. The lowest BCUT2D eigenvalue weighted by Gasteiger charge is -2.44. The summed E-state index contributed by atoms with van der Waals surface area (Å²) in [7, 11) is 0. The van der Waals surface area contributed by atoms with Gasteiger partial charge in [-0.3, -0.25) is 0 Å². The summed E-state index contributed by atoms with van der Waals surface area (Å²) in [6, 6.07) is 40.5. The number of carbonyl (C=O) groups is 5. The number of aliphatic hydroxyl groups excluding tert-OH is 1. The highest BCUT2D eigenvalue weighted by molar-refractivity contribution is 5.92. The number of esters is 5. The molecule has 7 rings (SSSR count). The Bertz CT molecular complexity index is 2240. The average Bonchev–Trinajstić information content (AvgIpc) is 3.30. The highest BCUT2D eigenvalue weighted by atomic mass is 16.7. The van der Waals surface area contributed by atoms with Crippen molar-refractivity contribution in [2.75, 3.05) is 6.61 Å². The maximum Gasteiger partial charge on any atom is 0.338 e. The molecule has 61 heavy (non-hydrogen) atoms. The first kappa shape index (κ1) is 42.4. The Balaban J connectivity index is 1.16. The van der Waals surface area contributed by atoms with E-state index in [2.05, 4.69) is 0 Å². The second-order valence-corrected chi connectivity index (χ2v) is 14.2. The number of aliphatic hydroxyl groups is 1. The molecule has 0 amide bonds. The molecule has 0 aromatic heterocycles. The van der Waals surface area contributed by atoms with Gasteiger partial charge in [0.05, 0.1) is 46.6 Å². The Morgan fingerprint density at radius 3 is 1.23 bits per heavy atom. The zero-order valence-electron chi connectivity index (χ0n) is 32.8. The lowest BCUT2D eigenvalue weighted by Crippen LogP contribution is -2.62. The van der Waals surface area contributed by atoms with Crippen LogP contribution in [0.3, 0.4) is 0 Å². The number of benzene rings is 5. The quantitative estimate of drug-likeness (QED) is 0.108. The van der Waals surface area contributed by atoms with Crippen LogP contribution in [0, 0.1) is 0 Å². The third-order valence-corrected chi connectivity index (χ3v) is 9.93. The molecule has 0 spiro atoms. The van der Waals surface area contributed by atoms with E-state index in [4.69, 9.17) is 37.9 Å². The van der Waals surface area contributed by atoms with Crippen molar-refractivity contribution in [3.63, 3.8) is 0 Å². The molecule has 0 aliphatic carbocycles. The van der Waals surface area contributed by atoms with Crippen molar-refractivity contribution in [1.29, 1.82) is 0 Å². The van der Waals surface area contributed by atoms with Crippen molar-refractivity contribution in [3.05, 3.63) is 179 Å². The molecule has 1 N–H and O–H groups in total. The molecule has 5 aromatic carbocycles. The number of ether oxygens (including phenoxy) is 8. The van der Waals surface area contributed by atoms with Crippen LogP contribution in [0.25, 0.3) is 0 Å². The fourth-order valence-corrected chi connectivity index (χ4v) is 6.84. The van der Waals surface area contributed by atoms with E-state index in [1.165, 1.54) is 36.4 Å². The van der Waals surface area contributed by atoms with E-state index in [1.807, 2.05) is 0 Å². The van der Waals surface area contributed by atoms with Crippen LogP contribution in [0.1, 0.15) is 65.1 Å². The van der Waals surface area contributed by atoms with Crippen LogP contribution in [-0.4, -0.2) is 96.9 Å². The molecule has 14 nitrogen and oxygen atoms in total. The molecule has 2 aliphatic heterocycles. The summed E-state index contributed by atoms with van der Waals surface area (Å²) in [6.45, 7) is 1.20. The molecule has 2 aliphatic rings. The van der Waals surface area contributed by atoms with E-state index in [0.717, 1.165) is 0 Å². The summed E-state index contributed by atoms with van der Waals surface area (Å²) in [5.74, 6) is -3.91. The first-order chi connectivity index (χ1) is 29.6. The molecule has 314 valence electrons. The fraction of sp³-hybridized carbons (Fsp3) is 0.255. The van der Waals surface area contributed by atoms with Gasteiger partial charge in [-0.2, -0.15) is 0 Å². The van der Waals surface area contributed by atoms with E-state index in [0.29, 0.717) is 0 Å². The summed E-state index contributed by atoms with van der Waals surface area (Å²) in [5, 5.41) is 11.3. The van der Waals surface area contributed by atoms with Crippen LogP contribution >= 0.6 is 0 Å². The average molecular weight is 831 g/mol. The topological polar surface area (TPSA) is 179 Å². The van der Waals surface area contributed by atoms with Crippen LogP contribution in [0.4, 0.5) is 0 Å². The van der Waals surface area contributed by atoms with Crippen molar-refractivity contribution in [2.45, 2.75) is 68.7 Å². The van der Waals surface area contributed by atoms with Crippen LogP contribution in [0.5, 0.6) is 0 Å². The van der Waals surface area contributed by atoms with E-state index < -0.39 is 85.2 Å². The highest BCUT2D eigenvalue weighted by Crippen LogP contribution is 2.33. The number of carbonyl (C=O) groups excluding carboxylic acids is 5. The molecule has 0 bridgehead atoms. The van der Waals surface area contributed by atoms with Crippen molar-refractivity contribution >= 4 is 29.8 Å². The van der Waals surface area contributed by atoms with Crippen LogP contribution < -0.4 is 0 Å². The largest absolute Gasteiger partial charge is 0.455 e. The van der Waals surface area contributed by atoms with Gasteiger partial charge in [-0.25, -0.2) is 24.0 Å². The Morgan fingerprint density at radius 2 is 0.820 bits per heavy atom. The SMILES string of the molecule is C[C@H]1O[C@@H](OC[C@@H]2C[C@H](OC(=O)c3ccccc3)[C@@H](OC(=O)c3ccccc3)[C@H](O)O2)[C@H](OC(=O)c2ccccc2)[C@@H](OC(=O)c2ccccc2)[C@@H]1OC(=O)c1ccccc1. The molecule has 2 heterocycles. The third-order valence-electron chi connectivity index (χ3n) is 9.93. The molecule has 2 saturated heterocycles. The second-order valence-electron chi connectivity index (χ2n) is 14.2. The van der Waals surface area contributed by atoms with Crippen molar-refractivity contribution < 1.29 is 67.0 Å². The van der Waals surface area contributed by atoms with Gasteiger partial charge in [0.2, 0.25) is 0 Å². The summed E-state index contributed by atoms with van der Waals surface area (Å²) in [6.07, 6.45) is -12.5. The predicted molar refractivity (Wildman–Crippen MR) is 214 cm³/mol. The van der Waals surface area contributed by atoms with E-state index in [9.17, 15) is 29.1 Å². The summed E-state index contributed by atoms with van der Waals surface area (Å²) in [5.41, 5.74) is 0.952. The normalized spacial score (nSPS) is 24.7. The Labute approximate surface area is 350 Å². The smallest absolute Gasteiger partial charge is 0.338 e. The standard InChI is InChI=1S/C47H42O14/c1-29-37(58-42(49)31-19-9-3-10-20-31)39(60-44(51)33-23-13-5-14-24-33)40(61-45(52)34-25-15-6-16-26-34)47(55-29)54-28-35-27-36(57-41(48)30-17-7-2-8-18-30)38(46(53)56-35)59-43(50)32-21-11-4-12-22-32/h2-26,29,35-40,46-47,53H,27-28H2,1H3/t29-,35+,36+,37-,38-,39+,40-,46-,47-/m1/s1. The molecule has 2 fully saturated rings. The van der Waals surface area contributed by atoms with Crippen LogP contribution in [0.15, 0.2) is 152 Å². The monoisotopic (exact) mass is 830 g/mol. The summed E-state index contributed by atoms with van der Waals surface area (Å²) >= 11 is 0. The van der Waals surface area contributed by atoms with Crippen molar-refractivity contribution in [1.82, 2.24) is 0 Å². The molecule has 0 unspecified atom stereocenters. The van der Waals surface area contributed by atoms with E-state index in [1.54, 1.807) is 122 Å².